The van der Waals surface area contributed by atoms with E-state index in [4.69, 9.17) is 4.74 Å². The molecule has 5 heteroatoms. The normalized spacial score (nSPS) is 13.7. The lowest BCUT2D eigenvalue weighted by molar-refractivity contribution is 0.102. The highest BCUT2D eigenvalue weighted by atomic mass is 19.1. The van der Waals surface area contributed by atoms with E-state index in [9.17, 15) is 9.50 Å². The molecule has 2 rings (SSSR count). The van der Waals surface area contributed by atoms with Crippen LogP contribution in [0.5, 0.6) is 5.75 Å². The molecule has 0 aliphatic heterocycles. The maximum atomic E-state index is 13.3. The first-order chi connectivity index (χ1) is 10.2. The van der Waals surface area contributed by atoms with Crippen molar-refractivity contribution >= 4 is 0 Å². The number of nitrogens with one attached hydrogen (secondary N) is 1. The van der Waals surface area contributed by atoms with Gasteiger partial charge < -0.3 is 15.2 Å². The van der Waals surface area contributed by atoms with Crippen molar-refractivity contribution in [3.63, 3.8) is 0 Å². The predicted molar refractivity (Wildman–Crippen MR) is 78.6 cm³/mol. The summed E-state index contributed by atoms with van der Waals surface area (Å²) in [4.78, 5) is 4.24. The molecule has 2 aromatic rings. The van der Waals surface area contributed by atoms with Gasteiger partial charge in [-0.25, -0.2) is 4.39 Å². The topological polar surface area (TPSA) is 54.4 Å². The minimum Gasteiger partial charge on any atom is -0.488 e. The SMILES string of the molecule is C[C@H](NCC(O)COc1ccccc1F)c1ccccn1. The third-order valence-electron chi connectivity index (χ3n) is 3.06. The van der Waals surface area contributed by atoms with E-state index in [2.05, 4.69) is 10.3 Å². The van der Waals surface area contributed by atoms with Crippen molar-refractivity contribution < 1.29 is 14.2 Å². The average Bonchev–Trinajstić information content (AvgIpc) is 2.52. The number of ether oxygens (including phenoxy) is 1. The number of hydrogen-bond acceptors (Lipinski definition) is 4. The lowest BCUT2D eigenvalue weighted by Gasteiger charge is -2.17. The number of nitrogens with zero attached hydrogens (tertiary/aromatic N) is 1. The number of aliphatic hydroxyl groups is 1. The van der Waals surface area contributed by atoms with Gasteiger partial charge in [-0.2, -0.15) is 0 Å². The van der Waals surface area contributed by atoms with Crippen molar-refractivity contribution in [1.82, 2.24) is 10.3 Å². The molecule has 0 bridgehead atoms. The number of hydrogen-bond donors (Lipinski definition) is 2. The number of aromatic nitrogens is 1. The highest BCUT2D eigenvalue weighted by Crippen LogP contribution is 2.15. The zero-order valence-electron chi connectivity index (χ0n) is 11.9. The summed E-state index contributed by atoms with van der Waals surface area (Å²) in [6.45, 7) is 2.34. The summed E-state index contributed by atoms with van der Waals surface area (Å²) < 4.78 is 18.6. The second kappa shape index (κ2) is 7.71. The summed E-state index contributed by atoms with van der Waals surface area (Å²) >= 11 is 0. The molecular formula is C16H19FN2O2. The van der Waals surface area contributed by atoms with Crippen LogP contribution < -0.4 is 10.1 Å². The third-order valence-corrected chi connectivity index (χ3v) is 3.06. The molecule has 1 unspecified atom stereocenters. The summed E-state index contributed by atoms with van der Waals surface area (Å²) in [5.74, 6) is -0.283. The van der Waals surface area contributed by atoms with Gasteiger partial charge in [0.2, 0.25) is 0 Å². The second-order valence-electron chi connectivity index (χ2n) is 4.78. The number of benzene rings is 1. The van der Waals surface area contributed by atoms with Crippen LogP contribution in [0.1, 0.15) is 18.7 Å². The van der Waals surface area contributed by atoms with E-state index in [1.54, 1.807) is 18.3 Å². The fourth-order valence-corrected chi connectivity index (χ4v) is 1.86. The van der Waals surface area contributed by atoms with Gasteiger partial charge in [-0.1, -0.05) is 18.2 Å². The Hall–Kier alpha value is -1.98. The smallest absolute Gasteiger partial charge is 0.165 e. The maximum absolute atomic E-state index is 13.3. The summed E-state index contributed by atoms with van der Waals surface area (Å²) in [6.07, 6.45) is 1.00. The molecule has 2 atom stereocenters. The van der Waals surface area contributed by atoms with Crippen molar-refractivity contribution in [1.29, 1.82) is 0 Å². The first kappa shape index (κ1) is 15.4. The largest absolute Gasteiger partial charge is 0.488 e. The van der Waals surface area contributed by atoms with E-state index in [0.717, 1.165) is 5.69 Å². The van der Waals surface area contributed by atoms with Crippen molar-refractivity contribution in [3.05, 3.63) is 60.2 Å². The minimum absolute atomic E-state index is 0.0225. The fraction of sp³-hybridized carbons (Fsp3) is 0.312. The zero-order chi connectivity index (χ0) is 15.1. The van der Waals surface area contributed by atoms with E-state index in [1.807, 2.05) is 25.1 Å². The molecule has 0 aliphatic carbocycles. The lowest BCUT2D eigenvalue weighted by atomic mass is 10.2. The van der Waals surface area contributed by atoms with E-state index < -0.39 is 11.9 Å². The van der Waals surface area contributed by atoms with E-state index >= 15 is 0 Å². The predicted octanol–water partition coefficient (Wildman–Crippen LogP) is 2.31. The Labute approximate surface area is 123 Å². The number of halogens is 1. The molecule has 1 aromatic carbocycles. The standard InChI is InChI=1S/C16H19FN2O2/c1-12(15-7-4-5-9-18-15)19-10-13(20)11-21-16-8-3-2-6-14(16)17/h2-9,12-13,19-20H,10-11H2,1H3/t12-,13?/m0/s1. The number of para-hydroxylation sites is 1. The molecule has 0 fully saturated rings. The Bertz CT molecular complexity index is 551. The molecule has 0 aliphatic rings. The monoisotopic (exact) mass is 290 g/mol. The quantitative estimate of drug-likeness (QED) is 0.821. The first-order valence-electron chi connectivity index (χ1n) is 6.86. The van der Waals surface area contributed by atoms with Crippen LogP contribution in [0, 0.1) is 5.82 Å². The first-order valence-corrected chi connectivity index (χ1v) is 6.86. The molecule has 2 N–H and O–H groups in total. The summed E-state index contributed by atoms with van der Waals surface area (Å²) in [5, 5.41) is 13.0. The third kappa shape index (κ3) is 4.81. The van der Waals surface area contributed by atoms with Gasteiger partial charge in [-0.05, 0) is 31.2 Å². The lowest BCUT2D eigenvalue weighted by Crippen LogP contribution is -2.33. The summed E-state index contributed by atoms with van der Waals surface area (Å²) in [7, 11) is 0. The van der Waals surface area contributed by atoms with E-state index in [0.29, 0.717) is 6.54 Å². The van der Waals surface area contributed by atoms with Crippen LogP contribution in [0.3, 0.4) is 0 Å². The Kier molecular flexibility index (Phi) is 5.66. The van der Waals surface area contributed by atoms with Crippen LogP contribution in [0.4, 0.5) is 4.39 Å². The molecule has 0 spiro atoms. The van der Waals surface area contributed by atoms with Gasteiger partial charge in [0, 0.05) is 18.8 Å². The Morgan fingerprint density at radius 3 is 2.71 bits per heavy atom. The van der Waals surface area contributed by atoms with Crippen LogP contribution in [0.2, 0.25) is 0 Å². The Morgan fingerprint density at radius 1 is 1.24 bits per heavy atom. The van der Waals surface area contributed by atoms with Gasteiger partial charge in [0.25, 0.3) is 0 Å². The van der Waals surface area contributed by atoms with Gasteiger partial charge in [-0.3, -0.25) is 4.98 Å². The van der Waals surface area contributed by atoms with Gasteiger partial charge in [0.05, 0.1) is 5.69 Å². The van der Waals surface area contributed by atoms with Crippen molar-refractivity contribution in [3.8, 4) is 5.75 Å². The summed E-state index contributed by atoms with van der Waals surface area (Å²) in [6, 6.07) is 11.8. The van der Waals surface area contributed by atoms with Gasteiger partial charge >= 0.3 is 0 Å². The molecule has 112 valence electrons. The Morgan fingerprint density at radius 2 is 2.00 bits per heavy atom. The second-order valence-corrected chi connectivity index (χ2v) is 4.78. The van der Waals surface area contributed by atoms with E-state index in [1.165, 1.54) is 12.1 Å². The van der Waals surface area contributed by atoms with Crippen LogP contribution in [-0.4, -0.2) is 29.3 Å². The molecule has 0 saturated carbocycles. The van der Waals surface area contributed by atoms with Crippen molar-refractivity contribution in [2.75, 3.05) is 13.2 Å². The molecule has 0 saturated heterocycles. The molecule has 0 amide bonds. The average molecular weight is 290 g/mol. The van der Waals surface area contributed by atoms with Crippen LogP contribution in [0.25, 0.3) is 0 Å². The highest BCUT2D eigenvalue weighted by molar-refractivity contribution is 5.23. The van der Waals surface area contributed by atoms with Crippen molar-refractivity contribution in [2.45, 2.75) is 19.1 Å². The number of pyridine rings is 1. The summed E-state index contributed by atoms with van der Waals surface area (Å²) in [5.41, 5.74) is 0.903. The zero-order valence-corrected chi connectivity index (χ0v) is 11.9. The Balaban J connectivity index is 1.75. The van der Waals surface area contributed by atoms with Crippen LogP contribution >= 0.6 is 0 Å². The van der Waals surface area contributed by atoms with Crippen molar-refractivity contribution in [2.24, 2.45) is 0 Å². The van der Waals surface area contributed by atoms with E-state index in [-0.39, 0.29) is 18.4 Å². The molecule has 1 heterocycles. The van der Waals surface area contributed by atoms with Gasteiger partial charge in [0.1, 0.15) is 12.7 Å². The maximum Gasteiger partial charge on any atom is 0.165 e. The number of aliphatic hydroxyl groups excluding tert-OH is 1. The highest BCUT2D eigenvalue weighted by Gasteiger charge is 2.11. The minimum atomic E-state index is -0.726. The molecule has 4 nitrogen and oxygen atoms in total. The van der Waals surface area contributed by atoms with Crippen LogP contribution in [-0.2, 0) is 0 Å². The van der Waals surface area contributed by atoms with Gasteiger partial charge in [-0.15, -0.1) is 0 Å². The van der Waals surface area contributed by atoms with Crippen LogP contribution in [0.15, 0.2) is 48.7 Å². The molecule has 0 radical (unpaired) electrons. The molecular weight excluding hydrogens is 271 g/mol. The fourth-order valence-electron chi connectivity index (χ4n) is 1.86. The molecule has 21 heavy (non-hydrogen) atoms. The molecule has 1 aromatic heterocycles. The number of rotatable bonds is 7. The van der Waals surface area contributed by atoms with Gasteiger partial charge in [0.15, 0.2) is 11.6 Å².